The zero-order chi connectivity index (χ0) is 19.0. The van der Waals surface area contributed by atoms with Gasteiger partial charge < -0.3 is 5.11 Å². The van der Waals surface area contributed by atoms with Crippen molar-refractivity contribution in [3.05, 3.63) is 58.1 Å². The predicted octanol–water partition coefficient (Wildman–Crippen LogP) is 4.50. The van der Waals surface area contributed by atoms with E-state index in [1.54, 1.807) is 0 Å². The summed E-state index contributed by atoms with van der Waals surface area (Å²) in [6.07, 6.45) is 0. The van der Waals surface area contributed by atoms with Gasteiger partial charge in [0.2, 0.25) is 0 Å². The monoisotopic (exact) mass is 381 g/mol. The third-order valence-electron chi connectivity index (χ3n) is 5.71. The number of thiazole rings is 1. The molecule has 1 saturated heterocycles. The Morgan fingerprint density at radius 3 is 2.52 bits per heavy atom. The fourth-order valence-corrected chi connectivity index (χ4v) is 4.82. The number of rotatable bonds is 4. The van der Waals surface area contributed by atoms with E-state index in [-0.39, 0.29) is 0 Å². The van der Waals surface area contributed by atoms with Gasteiger partial charge >= 0.3 is 0 Å². The lowest BCUT2D eigenvalue weighted by Crippen LogP contribution is -2.46. The molecule has 2 heterocycles. The first-order valence-electron chi connectivity index (χ1n) is 9.62. The van der Waals surface area contributed by atoms with Crippen LogP contribution in [-0.4, -0.2) is 46.1 Å². The molecule has 1 unspecified atom stereocenters. The first-order chi connectivity index (χ1) is 13.0. The predicted molar refractivity (Wildman–Crippen MR) is 112 cm³/mol. The van der Waals surface area contributed by atoms with Gasteiger partial charge in [-0.25, -0.2) is 4.98 Å². The van der Waals surface area contributed by atoms with Crippen LogP contribution in [0.3, 0.4) is 0 Å². The highest BCUT2D eigenvalue weighted by Crippen LogP contribution is 2.30. The smallest absolute Gasteiger partial charge is 0.120 e. The Morgan fingerprint density at radius 2 is 1.78 bits per heavy atom. The van der Waals surface area contributed by atoms with Crippen molar-refractivity contribution in [3.63, 3.8) is 0 Å². The van der Waals surface area contributed by atoms with Gasteiger partial charge in [-0.1, -0.05) is 18.2 Å². The Morgan fingerprint density at radius 1 is 1.07 bits per heavy atom. The molecule has 1 atom stereocenters. The Balaban J connectivity index is 1.39. The van der Waals surface area contributed by atoms with Crippen LogP contribution >= 0.6 is 11.3 Å². The molecule has 0 saturated carbocycles. The molecule has 4 rings (SSSR count). The van der Waals surface area contributed by atoms with Crippen molar-refractivity contribution in [1.82, 2.24) is 14.8 Å². The highest BCUT2D eigenvalue weighted by molar-refractivity contribution is 7.18. The van der Waals surface area contributed by atoms with Crippen molar-refractivity contribution in [1.29, 1.82) is 0 Å². The molecule has 3 aromatic rings. The van der Waals surface area contributed by atoms with Crippen LogP contribution < -0.4 is 0 Å². The summed E-state index contributed by atoms with van der Waals surface area (Å²) in [6.45, 7) is 11.3. The summed E-state index contributed by atoms with van der Waals surface area (Å²) in [7, 11) is 0. The van der Waals surface area contributed by atoms with E-state index in [1.165, 1.54) is 15.3 Å². The Labute approximate surface area is 165 Å². The lowest BCUT2D eigenvalue weighted by molar-refractivity contribution is 0.0973. The van der Waals surface area contributed by atoms with Gasteiger partial charge in [0.1, 0.15) is 10.8 Å². The first kappa shape index (κ1) is 18.4. The molecular formula is C22H27N3OS. The third-order valence-corrected chi connectivity index (χ3v) is 6.92. The zero-order valence-electron chi connectivity index (χ0n) is 16.3. The van der Waals surface area contributed by atoms with Crippen LogP contribution in [0.1, 0.15) is 34.7 Å². The van der Waals surface area contributed by atoms with Crippen molar-refractivity contribution in [2.45, 2.75) is 33.4 Å². The zero-order valence-corrected chi connectivity index (χ0v) is 17.1. The Bertz CT molecular complexity index is 911. The van der Waals surface area contributed by atoms with Crippen LogP contribution in [0, 0.1) is 13.8 Å². The quantitative estimate of drug-likeness (QED) is 0.722. The number of aromatic nitrogens is 1. The van der Waals surface area contributed by atoms with Gasteiger partial charge in [0, 0.05) is 38.3 Å². The lowest BCUT2D eigenvalue weighted by Gasteiger charge is -2.37. The molecule has 0 bridgehead atoms. The van der Waals surface area contributed by atoms with E-state index in [0.717, 1.165) is 49.4 Å². The summed E-state index contributed by atoms with van der Waals surface area (Å²) in [4.78, 5) is 9.79. The fraction of sp³-hybridized carbons (Fsp3) is 0.409. The van der Waals surface area contributed by atoms with E-state index < -0.39 is 0 Å². The SMILES string of the molecule is Cc1cc(O)c(CN2CCN(C(C)c3nc4ccccc4s3)CC2)cc1C. The molecule has 0 radical (unpaired) electrons. The highest BCUT2D eigenvalue weighted by atomic mass is 32.1. The van der Waals surface area contributed by atoms with Crippen LogP contribution in [-0.2, 0) is 6.54 Å². The standard InChI is InChI=1S/C22H27N3OS/c1-15-12-18(20(26)13-16(15)2)14-24-8-10-25(11-9-24)17(3)22-23-19-6-4-5-7-21(19)27-22/h4-7,12-13,17,26H,8-11,14H2,1-3H3. The molecule has 1 aliphatic rings. The topological polar surface area (TPSA) is 39.6 Å². The Kier molecular flexibility index (Phi) is 5.17. The van der Waals surface area contributed by atoms with Gasteiger partial charge in [0.05, 0.1) is 16.3 Å². The molecule has 1 fully saturated rings. The molecule has 4 nitrogen and oxygen atoms in total. The summed E-state index contributed by atoms with van der Waals surface area (Å²) in [6, 6.07) is 12.7. The number of phenolic OH excluding ortho intramolecular Hbond substituents is 1. The van der Waals surface area contributed by atoms with E-state index in [4.69, 9.17) is 4.98 Å². The number of hydrogen-bond acceptors (Lipinski definition) is 5. The number of fused-ring (bicyclic) bond motifs is 1. The van der Waals surface area contributed by atoms with Crippen molar-refractivity contribution >= 4 is 21.6 Å². The van der Waals surface area contributed by atoms with E-state index in [2.05, 4.69) is 54.0 Å². The van der Waals surface area contributed by atoms with Gasteiger partial charge in [0.25, 0.3) is 0 Å². The van der Waals surface area contributed by atoms with Crippen LogP contribution in [0.2, 0.25) is 0 Å². The van der Waals surface area contributed by atoms with Crippen molar-refractivity contribution < 1.29 is 5.11 Å². The summed E-state index contributed by atoms with van der Waals surface area (Å²) in [5.41, 5.74) is 4.52. The van der Waals surface area contributed by atoms with Gasteiger partial charge in [-0.3, -0.25) is 9.80 Å². The molecule has 1 aliphatic heterocycles. The highest BCUT2D eigenvalue weighted by Gasteiger charge is 2.24. The summed E-state index contributed by atoms with van der Waals surface area (Å²) in [5, 5.41) is 11.5. The molecule has 1 aromatic heterocycles. The molecule has 5 heteroatoms. The minimum Gasteiger partial charge on any atom is -0.508 e. The van der Waals surface area contributed by atoms with Gasteiger partial charge in [-0.2, -0.15) is 0 Å². The van der Waals surface area contributed by atoms with E-state index in [0.29, 0.717) is 11.8 Å². The third kappa shape index (κ3) is 3.86. The van der Waals surface area contributed by atoms with E-state index in [9.17, 15) is 5.11 Å². The number of benzene rings is 2. The molecule has 0 spiro atoms. The molecular weight excluding hydrogens is 354 g/mol. The maximum absolute atomic E-state index is 10.3. The van der Waals surface area contributed by atoms with Gasteiger partial charge in [-0.15, -0.1) is 11.3 Å². The van der Waals surface area contributed by atoms with E-state index >= 15 is 0 Å². The Hall–Kier alpha value is -1.95. The minimum atomic E-state index is 0.347. The minimum absolute atomic E-state index is 0.347. The average molecular weight is 382 g/mol. The second-order valence-electron chi connectivity index (χ2n) is 7.57. The number of aryl methyl sites for hydroxylation is 2. The number of piperazine rings is 1. The van der Waals surface area contributed by atoms with Crippen LogP contribution in [0.5, 0.6) is 5.75 Å². The normalized spacial score (nSPS) is 17.4. The molecule has 142 valence electrons. The number of nitrogens with zero attached hydrogens (tertiary/aromatic N) is 3. The van der Waals surface area contributed by atoms with Crippen LogP contribution in [0.4, 0.5) is 0 Å². The number of hydrogen-bond donors (Lipinski definition) is 1. The largest absolute Gasteiger partial charge is 0.508 e. The summed E-state index contributed by atoms with van der Waals surface area (Å²) in [5.74, 6) is 0.420. The van der Waals surface area contributed by atoms with E-state index in [1.807, 2.05) is 24.3 Å². The van der Waals surface area contributed by atoms with Crippen LogP contribution in [0.15, 0.2) is 36.4 Å². The molecule has 0 amide bonds. The molecule has 27 heavy (non-hydrogen) atoms. The van der Waals surface area contributed by atoms with Crippen LogP contribution in [0.25, 0.3) is 10.2 Å². The molecule has 0 aliphatic carbocycles. The first-order valence-corrected chi connectivity index (χ1v) is 10.4. The number of para-hydroxylation sites is 1. The second-order valence-corrected chi connectivity index (χ2v) is 8.64. The second kappa shape index (κ2) is 7.58. The lowest BCUT2D eigenvalue weighted by atomic mass is 10.0. The fourth-order valence-electron chi connectivity index (χ4n) is 3.76. The number of aromatic hydroxyl groups is 1. The summed E-state index contributed by atoms with van der Waals surface area (Å²) < 4.78 is 1.27. The van der Waals surface area contributed by atoms with Crippen molar-refractivity contribution in [3.8, 4) is 5.75 Å². The molecule has 2 aromatic carbocycles. The van der Waals surface area contributed by atoms with Gasteiger partial charge in [0.15, 0.2) is 0 Å². The number of phenols is 1. The van der Waals surface area contributed by atoms with Crippen molar-refractivity contribution in [2.24, 2.45) is 0 Å². The van der Waals surface area contributed by atoms with Crippen molar-refractivity contribution in [2.75, 3.05) is 26.2 Å². The maximum atomic E-state index is 10.3. The maximum Gasteiger partial charge on any atom is 0.120 e. The van der Waals surface area contributed by atoms with Gasteiger partial charge in [-0.05, 0) is 50.1 Å². The average Bonchev–Trinajstić information content (AvgIpc) is 3.10. The molecule has 1 N–H and O–H groups in total. The summed E-state index contributed by atoms with van der Waals surface area (Å²) >= 11 is 1.81.